The van der Waals surface area contributed by atoms with Crippen molar-refractivity contribution in [3.63, 3.8) is 0 Å². The number of hydrogen-bond donors (Lipinski definition) is 2. The topological polar surface area (TPSA) is 57.8 Å². The van der Waals surface area contributed by atoms with Crippen LogP contribution in [0.2, 0.25) is 10.0 Å². The molecule has 2 aromatic carbocycles. The molecule has 0 aliphatic rings. The van der Waals surface area contributed by atoms with Crippen LogP contribution in [0, 0.1) is 5.82 Å². The Morgan fingerprint density at radius 3 is 2.63 bits per heavy atom. The van der Waals surface area contributed by atoms with E-state index in [-0.39, 0.29) is 22.0 Å². The Morgan fingerprint density at radius 2 is 1.93 bits per heavy atom. The highest BCUT2D eigenvalue weighted by molar-refractivity contribution is 6.42. The van der Waals surface area contributed by atoms with E-state index < -0.39 is 24.6 Å². The van der Waals surface area contributed by atoms with E-state index in [2.05, 4.69) is 15.5 Å². The van der Waals surface area contributed by atoms with Crippen molar-refractivity contribution in [2.24, 2.45) is 0 Å². The molecule has 0 fully saturated rings. The summed E-state index contributed by atoms with van der Waals surface area (Å²) < 4.78 is 39.0. The lowest BCUT2D eigenvalue weighted by atomic mass is 10.0. The van der Waals surface area contributed by atoms with E-state index in [0.717, 1.165) is 0 Å². The zero-order valence-electron chi connectivity index (χ0n) is 13.6. The fourth-order valence-corrected chi connectivity index (χ4v) is 2.83. The normalized spacial score (nSPS) is 11.0. The third-order valence-electron chi connectivity index (χ3n) is 3.77. The number of aromatic amines is 1. The molecule has 0 saturated carbocycles. The van der Waals surface area contributed by atoms with Crippen molar-refractivity contribution in [1.29, 1.82) is 0 Å². The highest BCUT2D eigenvalue weighted by Crippen LogP contribution is 2.33. The SMILES string of the molecule is O=C(Nc1ccc(F)cc1-c1ccc(Cl)c(Cl)c1)c1c[nH]nc1CC(F)F. The number of benzene rings is 2. The Morgan fingerprint density at radius 1 is 1.15 bits per heavy atom. The van der Waals surface area contributed by atoms with Gasteiger partial charge in [0.25, 0.3) is 5.91 Å². The number of hydrogen-bond acceptors (Lipinski definition) is 2. The number of H-pyrrole nitrogens is 1. The minimum Gasteiger partial charge on any atom is -0.321 e. The van der Waals surface area contributed by atoms with E-state index in [1.54, 1.807) is 12.1 Å². The van der Waals surface area contributed by atoms with Crippen molar-refractivity contribution in [3.8, 4) is 11.1 Å². The van der Waals surface area contributed by atoms with Crippen LogP contribution in [0.3, 0.4) is 0 Å². The first-order chi connectivity index (χ1) is 12.8. The van der Waals surface area contributed by atoms with Gasteiger partial charge in [0.2, 0.25) is 6.43 Å². The molecule has 0 saturated heterocycles. The summed E-state index contributed by atoms with van der Waals surface area (Å²) in [6, 6.07) is 8.48. The summed E-state index contributed by atoms with van der Waals surface area (Å²) in [5, 5.41) is 9.28. The van der Waals surface area contributed by atoms with Gasteiger partial charge in [0.05, 0.1) is 27.7 Å². The lowest BCUT2D eigenvalue weighted by Crippen LogP contribution is -2.15. The summed E-state index contributed by atoms with van der Waals surface area (Å²) in [5.41, 5.74) is 1.10. The van der Waals surface area contributed by atoms with Gasteiger partial charge in [0.1, 0.15) is 5.82 Å². The maximum Gasteiger partial charge on any atom is 0.259 e. The molecule has 1 amide bonds. The quantitative estimate of drug-likeness (QED) is 0.573. The number of alkyl halides is 2. The third-order valence-corrected chi connectivity index (χ3v) is 4.51. The lowest BCUT2D eigenvalue weighted by Gasteiger charge is -2.12. The van der Waals surface area contributed by atoms with Crippen molar-refractivity contribution < 1.29 is 18.0 Å². The van der Waals surface area contributed by atoms with Crippen LogP contribution in [-0.2, 0) is 6.42 Å². The summed E-state index contributed by atoms with van der Waals surface area (Å²) in [6.07, 6.45) is -2.07. The predicted octanol–water partition coefficient (Wildman–Crippen LogP) is 5.58. The van der Waals surface area contributed by atoms with Crippen LogP contribution in [0.15, 0.2) is 42.6 Å². The molecule has 3 aromatic rings. The highest BCUT2D eigenvalue weighted by Gasteiger charge is 2.19. The van der Waals surface area contributed by atoms with E-state index in [1.165, 1.54) is 30.5 Å². The number of carbonyl (C=O) groups excluding carboxylic acids is 1. The first-order valence-corrected chi connectivity index (χ1v) is 8.48. The maximum atomic E-state index is 13.8. The molecular weight excluding hydrogens is 402 g/mol. The molecule has 0 atom stereocenters. The number of carbonyl (C=O) groups is 1. The van der Waals surface area contributed by atoms with Crippen LogP contribution in [0.5, 0.6) is 0 Å². The van der Waals surface area contributed by atoms with Gasteiger partial charge in [-0.05, 0) is 35.9 Å². The van der Waals surface area contributed by atoms with Crippen molar-refractivity contribution in [3.05, 3.63) is 69.7 Å². The van der Waals surface area contributed by atoms with Gasteiger partial charge in [0, 0.05) is 17.4 Å². The lowest BCUT2D eigenvalue weighted by molar-refractivity contribution is 0.102. The van der Waals surface area contributed by atoms with E-state index >= 15 is 0 Å². The summed E-state index contributed by atoms with van der Waals surface area (Å²) in [7, 11) is 0. The summed E-state index contributed by atoms with van der Waals surface area (Å²) >= 11 is 11.9. The molecule has 27 heavy (non-hydrogen) atoms. The number of nitrogens with zero attached hydrogens (tertiary/aromatic N) is 1. The average Bonchev–Trinajstić information content (AvgIpc) is 3.06. The van der Waals surface area contributed by atoms with Crippen molar-refractivity contribution >= 4 is 34.8 Å². The van der Waals surface area contributed by atoms with Crippen LogP contribution < -0.4 is 5.32 Å². The first kappa shape index (κ1) is 19.3. The zero-order valence-corrected chi connectivity index (χ0v) is 15.1. The van der Waals surface area contributed by atoms with E-state index in [1.807, 2.05) is 0 Å². The minimum absolute atomic E-state index is 0.0142. The van der Waals surface area contributed by atoms with Crippen molar-refractivity contribution in [2.45, 2.75) is 12.8 Å². The molecule has 9 heteroatoms. The number of nitrogens with one attached hydrogen (secondary N) is 2. The number of anilines is 1. The number of amides is 1. The molecule has 0 radical (unpaired) electrons. The Bertz CT molecular complexity index is 992. The Balaban J connectivity index is 1.95. The van der Waals surface area contributed by atoms with Crippen LogP contribution in [0.25, 0.3) is 11.1 Å². The predicted molar refractivity (Wildman–Crippen MR) is 98.1 cm³/mol. The van der Waals surface area contributed by atoms with Gasteiger partial charge in [-0.15, -0.1) is 0 Å². The molecule has 2 N–H and O–H groups in total. The summed E-state index contributed by atoms with van der Waals surface area (Å²) in [4.78, 5) is 12.5. The first-order valence-electron chi connectivity index (χ1n) is 7.72. The molecule has 140 valence electrons. The fourth-order valence-electron chi connectivity index (χ4n) is 2.53. The average molecular weight is 414 g/mol. The molecule has 4 nitrogen and oxygen atoms in total. The molecule has 1 heterocycles. The molecule has 0 unspecified atom stereocenters. The standard InChI is InChI=1S/C18H12Cl2F3N3O/c19-13-3-1-9(5-14(13)20)11-6-10(21)2-4-15(11)25-18(27)12-8-24-26-16(12)7-17(22)23/h1-6,8,17H,7H2,(H,24,26)(H,25,27). The molecule has 0 spiro atoms. The van der Waals surface area contributed by atoms with Gasteiger partial charge in [-0.25, -0.2) is 13.2 Å². The van der Waals surface area contributed by atoms with E-state index in [0.29, 0.717) is 16.1 Å². The van der Waals surface area contributed by atoms with Crippen molar-refractivity contribution in [2.75, 3.05) is 5.32 Å². The third kappa shape index (κ3) is 4.43. The zero-order chi connectivity index (χ0) is 19.6. The largest absolute Gasteiger partial charge is 0.321 e. The Hall–Kier alpha value is -2.51. The number of halogens is 5. The minimum atomic E-state index is -2.64. The van der Waals surface area contributed by atoms with Gasteiger partial charge in [0.15, 0.2) is 0 Å². The van der Waals surface area contributed by atoms with Gasteiger partial charge < -0.3 is 5.32 Å². The Kier molecular flexibility index (Phi) is 5.72. The second kappa shape index (κ2) is 8.02. The van der Waals surface area contributed by atoms with Gasteiger partial charge >= 0.3 is 0 Å². The molecule has 0 aliphatic heterocycles. The monoisotopic (exact) mass is 413 g/mol. The van der Waals surface area contributed by atoms with E-state index in [4.69, 9.17) is 23.2 Å². The molecule has 3 rings (SSSR count). The molecule has 0 bridgehead atoms. The number of rotatable bonds is 5. The Labute approximate surface area is 162 Å². The van der Waals surface area contributed by atoms with Crippen LogP contribution in [0.1, 0.15) is 16.1 Å². The van der Waals surface area contributed by atoms with Crippen LogP contribution >= 0.6 is 23.2 Å². The van der Waals surface area contributed by atoms with Crippen LogP contribution in [0.4, 0.5) is 18.9 Å². The number of aromatic nitrogens is 2. The second-order valence-electron chi connectivity index (χ2n) is 5.61. The van der Waals surface area contributed by atoms with E-state index in [9.17, 15) is 18.0 Å². The van der Waals surface area contributed by atoms with Gasteiger partial charge in [-0.2, -0.15) is 5.10 Å². The molecular formula is C18H12Cl2F3N3O. The van der Waals surface area contributed by atoms with Gasteiger partial charge in [-0.3, -0.25) is 9.89 Å². The summed E-state index contributed by atoms with van der Waals surface area (Å²) in [6.45, 7) is 0. The smallest absolute Gasteiger partial charge is 0.259 e. The van der Waals surface area contributed by atoms with Crippen LogP contribution in [-0.4, -0.2) is 22.5 Å². The van der Waals surface area contributed by atoms with Gasteiger partial charge in [-0.1, -0.05) is 29.3 Å². The van der Waals surface area contributed by atoms with Crippen molar-refractivity contribution in [1.82, 2.24) is 10.2 Å². The maximum absolute atomic E-state index is 13.8. The molecule has 0 aliphatic carbocycles. The second-order valence-corrected chi connectivity index (χ2v) is 6.43. The summed E-state index contributed by atoms with van der Waals surface area (Å²) in [5.74, 6) is -1.16. The fraction of sp³-hybridized carbons (Fsp3) is 0.111. The molecule has 1 aromatic heterocycles. The highest BCUT2D eigenvalue weighted by atomic mass is 35.5.